The van der Waals surface area contributed by atoms with Crippen molar-refractivity contribution in [3.8, 4) is 0 Å². The summed E-state index contributed by atoms with van der Waals surface area (Å²) < 4.78 is 0. The molecular weight excluding hydrogens is 240 g/mol. The average Bonchev–Trinajstić information content (AvgIpc) is 3.08. The van der Waals surface area contributed by atoms with E-state index < -0.39 is 0 Å². The number of benzene rings is 2. The van der Waals surface area contributed by atoms with Crippen molar-refractivity contribution in [2.75, 3.05) is 0 Å². The number of rotatable bonds is 3. The molecule has 0 aliphatic heterocycles. The lowest BCUT2D eigenvalue weighted by Gasteiger charge is -2.06. The third kappa shape index (κ3) is 2.02. The first-order chi connectivity index (χ1) is 9.90. The zero-order valence-corrected chi connectivity index (χ0v) is 11.6. The van der Waals surface area contributed by atoms with E-state index in [1.165, 1.54) is 40.7 Å². The summed E-state index contributed by atoms with van der Waals surface area (Å²) in [5, 5.41) is 0. The second-order valence-electron chi connectivity index (χ2n) is 5.77. The fourth-order valence-corrected chi connectivity index (χ4v) is 3.40. The minimum atomic E-state index is 1.12. The van der Waals surface area contributed by atoms with Crippen molar-refractivity contribution >= 4 is 11.6 Å². The quantitative estimate of drug-likeness (QED) is 0.723. The van der Waals surface area contributed by atoms with Crippen molar-refractivity contribution in [3.63, 3.8) is 0 Å². The molecular formula is C20H18. The fraction of sp³-hybridized carbons (Fsp3) is 0.200. The molecule has 2 aromatic rings. The Bertz CT molecular complexity index is 716. The van der Waals surface area contributed by atoms with Crippen LogP contribution in [-0.2, 0) is 12.8 Å². The Labute approximate surface area is 120 Å². The maximum absolute atomic E-state index is 2.41. The summed E-state index contributed by atoms with van der Waals surface area (Å²) in [7, 11) is 0. The third-order valence-electron chi connectivity index (χ3n) is 4.48. The summed E-state index contributed by atoms with van der Waals surface area (Å²) in [6.45, 7) is 0. The van der Waals surface area contributed by atoms with Crippen molar-refractivity contribution < 1.29 is 0 Å². The molecule has 2 aliphatic carbocycles. The first-order valence-corrected chi connectivity index (χ1v) is 7.45. The standard InChI is InChI=1S/C20H18/c1-2-7-19-14-15(13-18(19)6-1)9-10-17-12-11-16-5-3-4-8-20(16)17/h1-8,12-13H,9-11,14H2. The molecule has 0 nitrogen and oxygen atoms in total. The van der Waals surface area contributed by atoms with Gasteiger partial charge < -0.3 is 0 Å². The second kappa shape index (κ2) is 4.79. The van der Waals surface area contributed by atoms with Crippen LogP contribution in [0.25, 0.3) is 11.6 Å². The molecule has 0 spiro atoms. The van der Waals surface area contributed by atoms with Crippen LogP contribution in [0.15, 0.2) is 60.2 Å². The molecule has 0 saturated carbocycles. The summed E-state index contributed by atoms with van der Waals surface area (Å²) in [5.74, 6) is 0. The number of hydrogen-bond acceptors (Lipinski definition) is 0. The molecule has 0 N–H and O–H groups in total. The maximum atomic E-state index is 2.41. The van der Waals surface area contributed by atoms with Gasteiger partial charge in [0.05, 0.1) is 0 Å². The highest BCUT2D eigenvalue weighted by Crippen LogP contribution is 2.34. The van der Waals surface area contributed by atoms with Crippen molar-refractivity contribution in [2.24, 2.45) is 0 Å². The van der Waals surface area contributed by atoms with Crippen molar-refractivity contribution in [3.05, 3.63) is 82.4 Å². The smallest absolute Gasteiger partial charge is 0.00577 e. The van der Waals surface area contributed by atoms with Gasteiger partial charge in [-0.15, -0.1) is 0 Å². The minimum absolute atomic E-state index is 1.12. The minimum Gasteiger partial charge on any atom is -0.0763 e. The van der Waals surface area contributed by atoms with E-state index in [1.807, 2.05) is 0 Å². The molecule has 0 fully saturated rings. The van der Waals surface area contributed by atoms with E-state index in [-0.39, 0.29) is 0 Å². The van der Waals surface area contributed by atoms with Gasteiger partial charge in [0.1, 0.15) is 0 Å². The molecule has 4 rings (SSSR count). The van der Waals surface area contributed by atoms with E-state index in [0.29, 0.717) is 0 Å². The fourth-order valence-electron chi connectivity index (χ4n) is 3.40. The Hall–Kier alpha value is -2.08. The molecule has 20 heavy (non-hydrogen) atoms. The van der Waals surface area contributed by atoms with Crippen LogP contribution < -0.4 is 0 Å². The number of allylic oxidation sites excluding steroid dienone is 3. The summed E-state index contributed by atoms with van der Waals surface area (Å²) in [4.78, 5) is 0. The van der Waals surface area contributed by atoms with E-state index in [1.54, 1.807) is 5.57 Å². The van der Waals surface area contributed by atoms with E-state index in [2.05, 4.69) is 60.7 Å². The Morgan fingerprint density at radius 3 is 2.50 bits per heavy atom. The molecule has 0 amide bonds. The Balaban J connectivity index is 1.46. The van der Waals surface area contributed by atoms with Crippen LogP contribution in [0, 0.1) is 0 Å². The third-order valence-corrected chi connectivity index (χ3v) is 4.48. The van der Waals surface area contributed by atoms with Crippen LogP contribution >= 0.6 is 0 Å². The highest BCUT2D eigenvalue weighted by Gasteiger charge is 2.15. The lowest BCUT2D eigenvalue weighted by atomic mass is 9.99. The highest BCUT2D eigenvalue weighted by molar-refractivity contribution is 5.73. The second-order valence-corrected chi connectivity index (χ2v) is 5.77. The molecule has 0 bridgehead atoms. The number of hydrogen-bond donors (Lipinski definition) is 0. The molecule has 0 atom stereocenters. The molecule has 98 valence electrons. The Morgan fingerprint density at radius 1 is 0.800 bits per heavy atom. The van der Waals surface area contributed by atoms with Crippen LogP contribution in [0.4, 0.5) is 0 Å². The van der Waals surface area contributed by atoms with Crippen molar-refractivity contribution in [1.29, 1.82) is 0 Å². The van der Waals surface area contributed by atoms with Gasteiger partial charge in [0, 0.05) is 0 Å². The van der Waals surface area contributed by atoms with E-state index in [9.17, 15) is 0 Å². The van der Waals surface area contributed by atoms with Crippen molar-refractivity contribution in [1.82, 2.24) is 0 Å². The predicted octanol–water partition coefficient (Wildman–Crippen LogP) is 5.05. The molecule has 0 unspecified atom stereocenters. The molecule has 0 heteroatoms. The summed E-state index contributed by atoms with van der Waals surface area (Å²) >= 11 is 0. The Kier molecular flexibility index (Phi) is 2.81. The summed E-state index contributed by atoms with van der Waals surface area (Å²) in [5.41, 5.74) is 9.00. The highest BCUT2D eigenvalue weighted by atomic mass is 14.2. The van der Waals surface area contributed by atoms with Gasteiger partial charge in [0.25, 0.3) is 0 Å². The van der Waals surface area contributed by atoms with Crippen LogP contribution in [0.2, 0.25) is 0 Å². The van der Waals surface area contributed by atoms with Gasteiger partial charge in [-0.2, -0.15) is 0 Å². The largest absolute Gasteiger partial charge is 0.0763 e. The van der Waals surface area contributed by atoms with Crippen LogP contribution in [0.5, 0.6) is 0 Å². The van der Waals surface area contributed by atoms with Gasteiger partial charge in [0.15, 0.2) is 0 Å². The predicted molar refractivity (Wildman–Crippen MR) is 85.5 cm³/mol. The van der Waals surface area contributed by atoms with Crippen LogP contribution in [0.3, 0.4) is 0 Å². The topological polar surface area (TPSA) is 0 Å². The van der Waals surface area contributed by atoms with Crippen molar-refractivity contribution in [2.45, 2.75) is 25.7 Å². The SMILES string of the molecule is C1=C(CCC2=CCc3ccccc32)Cc2ccccc21. The van der Waals surface area contributed by atoms with E-state index in [0.717, 1.165) is 12.8 Å². The van der Waals surface area contributed by atoms with Gasteiger partial charge in [-0.05, 0) is 53.5 Å². The monoisotopic (exact) mass is 258 g/mol. The van der Waals surface area contributed by atoms with Gasteiger partial charge in [0.2, 0.25) is 0 Å². The lowest BCUT2D eigenvalue weighted by molar-refractivity contribution is 0.960. The average molecular weight is 258 g/mol. The molecule has 0 radical (unpaired) electrons. The van der Waals surface area contributed by atoms with Gasteiger partial charge in [-0.3, -0.25) is 0 Å². The van der Waals surface area contributed by atoms with Crippen LogP contribution in [-0.4, -0.2) is 0 Å². The Morgan fingerprint density at radius 2 is 1.60 bits per heavy atom. The zero-order chi connectivity index (χ0) is 13.4. The molecule has 2 aliphatic rings. The van der Waals surface area contributed by atoms with E-state index >= 15 is 0 Å². The van der Waals surface area contributed by atoms with Gasteiger partial charge in [-0.1, -0.05) is 66.3 Å². The lowest BCUT2D eigenvalue weighted by Crippen LogP contribution is -1.88. The molecule has 0 saturated heterocycles. The maximum Gasteiger partial charge on any atom is -0.00577 e. The van der Waals surface area contributed by atoms with E-state index in [4.69, 9.17) is 0 Å². The van der Waals surface area contributed by atoms with Gasteiger partial charge >= 0.3 is 0 Å². The molecule has 0 aromatic heterocycles. The van der Waals surface area contributed by atoms with Gasteiger partial charge in [-0.25, -0.2) is 0 Å². The summed E-state index contributed by atoms with van der Waals surface area (Å²) in [6, 6.07) is 17.6. The molecule has 0 heterocycles. The number of fused-ring (bicyclic) bond motifs is 2. The molecule has 2 aromatic carbocycles. The van der Waals surface area contributed by atoms with Crippen LogP contribution in [0.1, 0.15) is 35.1 Å². The zero-order valence-electron chi connectivity index (χ0n) is 11.6. The first-order valence-electron chi connectivity index (χ1n) is 7.45. The summed E-state index contributed by atoms with van der Waals surface area (Å²) in [6.07, 6.45) is 9.42. The first kappa shape index (κ1) is 11.7. The normalized spacial score (nSPS) is 15.6.